The molecule has 0 radical (unpaired) electrons. The van der Waals surface area contributed by atoms with Crippen molar-refractivity contribution in [3.8, 4) is 0 Å². The van der Waals surface area contributed by atoms with Crippen LogP contribution in [-0.4, -0.2) is 13.3 Å². The molecule has 0 spiro atoms. The van der Waals surface area contributed by atoms with Crippen molar-refractivity contribution >= 4 is 19.7 Å². The molecular weight excluding hydrogens is 380 g/mol. The Morgan fingerprint density at radius 3 is 2.10 bits per heavy atom. The van der Waals surface area contributed by atoms with Crippen LogP contribution in [0.4, 0.5) is 13.2 Å². The summed E-state index contributed by atoms with van der Waals surface area (Å²) in [5.41, 5.74) is -0.957. The van der Waals surface area contributed by atoms with E-state index in [-0.39, 0.29) is 43.5 Å². The second-order valence-corrected chi connectivity index (χ2v) is 11.3. The topological polar surface area (TPSA) is 22.1 Å². The van der Waals surface area contributed by atoms with Gasteiger partial charge in [0.05, 0.1) is 0 Å². The quantitative estimate of drug-likeness (QED) is 0.570. The average molecular weight is 397 g/mol. The van der Waals surface area contributed by atoms with Crippen LogP contribution in [0.3, 0.4) is 0 Å². The predicted molar refractivity (Wildman–Crippen MR) is 67.9 cm³/mol. The molecule has 112 valence electrons. The van der Waals surface area contributed by atoms with Gasteiger partial charge < -0.3 is 33.2 Å². The first-order chi connectivity index (χ1) is 7.93. The third-order valence-electron chi connectivity index (χ3n) is 3.13. The van der Waals surface area contributed by atoms with Crippen molar-refractivity contribution in [1.82, 2.24) is 4.98 Å². The molecule has 0 saturated carbocycles. The molecule has 1 heterocycles. The third-order valence-corrected chi connectivity index (χ3v) is 8.35. The number of alkyl halides is 3. The third kappa shape index (κ3) is 6.10. The van der Waals surface area contributed by atoms with E-state index in [1.165, 1.54) is 0 Å². The van der Waals surface area contributed by atoms with E-state index in [1.807, 2.05) is 0 Å². The van der Waals surface area contributed by atoms with Crippen molar-refractivity contribution in [3.05, 3.63) is 16.1 Å². The molecule has 0 fully saturated rings. The maximum absolute atomic E-state index is 12.3. The monoisotopic (exact) mass is 395 g/mol. The van der Waals surface area contributed by atoms with Gasteiger partial charge in [-0.3, -0.25) is 0 Å². The summed E-state index contributed by atoms with van der Waals surface area (Å²) in [6, 6.07) is 0. The van der Waals surface area contributed by atoms with Crippen molar-refractivity contribution < 1.29 is 49.5 Å². The Labute approximate surface area is 141 Å². The zero-order valence-electron chi connectivity index (χ0n) is 12.2. The molecule has 0 unspecified atom stereocenters. The molecule has 1 aromatic heterocycles. The number of nitrogens with zero attached hydrogens (tertiary/aromatic N) is 1. The predicted octanol–water partition coefficient (Wildman–Crippen LogP) is 1.49. The molecule has 0 aromatic carbocycles. The zero-order chi connectivity index (χ0) is 14.2. The van der Waals surface area contributed by atoms with Gasteiger partial charge in [-0.15, -0.1) is 0 Å². The Morgan fingerprint density at radius 2 is 1.75 bits per heavy atom. The van der Waals surface area contributed by atoms with E-state index in [0.717, 1.165) is 11.3 Å². The zero-order valence-corrected chi connectivity index (χ0v) is 17.7. The van der Waals surface area contributed by atoms with Crippen LogP contribution in [0.1, 0.15) is 31.5 Å². The van der Waals surface area contributed by atoms with Crippen molar-refractivity contribution in [2.45, 2.75) is 51.7 Å². The maximum atomic E-state index is 12.3. The van der Waals surface area contributed by atoms with Gasteiger partial charge in [0.25, 0.3) is 0 Å². The minimum absolute atomic E-state index is 0. The molecule has 0 saturated heterocycles. The Balaban J connectivity index is 0. The van der Waals surface area contributed by atoms with Crippen molar-refractivity contribution in [3.63, 3.8) is 0 Å². The van der Waals surface area contributed by atoms with E-state index in [4.69, 9.17) is 4.43 Å². The molecule has 0 aliphatic carbocycles. The molecule has 0 aliphatic rings. The van der Waals surface area contributed by atoms with E-state index in [9.17, 15) is 13.2 Å². The van der Waals surface area contributed by atoms with E-state index >= 15 is 0 Å². The largest absolute Gasteiger partial charge is 2.00 e. The fourth-order valence-corrected chi connectivity index (χ4v) is 2.59. The van der Waals surface area contributed by atoms with Crippen LogP contribution >= 0.6 is 11.3 Å². The summed E-state index contributed by atoms with van der Waals surface area (Å²) in [5, 5.41) is 2.52. The molecular formula is C11H17ClF3NOSSiZn. The maximum Gasteiger partial charge on any atom is 2.00 e. The van der Waals surface area contributed by atoms with Gasteiger partial charge in [0.15, 0.2) is 8.32 Å². The van der Waals surface area contributed by atoms with Gasteiger partial charge in [0, 0.05) is 12.3 Å². The SMILES string of the molecule is CC(C)(C)[Si](C)(C)OCc1nc(C(F)(F)F)[c-]s1.[Cl-].[Zn+2]. The van der Waals surface area contributed by atoms with E-state index in [1.54, 1.807) is 0 Å². The van der Waals surface area contributed by atoms with E-state index in [2.05, 4.69) is 44.2 Å². The molecule has 0 aliphatic heterocycles. The average Bonchev–Trinajstić information content (AvgIpc) is 2.60. The summed E-state index contributed by atoms with van der Waals surface area (Å²) in [5.74, 6) is 0. The second-order valence-electron chi connectivity index (χ2n) is 5.61. The smallest absolute Gasteiger partial charge is 1.00 e. The van der Waals surface area contributed by atoms with Crippen LogP contribution in [0.15, 0.2) is 0 Å². The molecule has 20 heavy (non-hydrogen) atoms. The number of thiazole rings is 1. The van der Waals surface area contributed by atoms with Crippen LogP contribution in [0.5, 0.6) is 0 Å². The minimum Gasteiger partial charge on any atom is -1.00 e. The van der Waals surface area contributed by atoms with Gasteiger partial charge in [-0.25, -0.2) is 0 Å². The van der Waals surface area contributed by atoms with Gasteiger partial charge in [0.1, 0.15) is 0 Å². The molecule has 0 N–H and O–H groups in total. The van der Waals surface area contributed by atoms with Gasteiger partial charge in [-0.05, 0) is 23.1 Å². The van der Waals surface area contributed by atoms with Crippen LogP contribution in [-0.2, 0) is 36.7 Å². The minimum atomic E-state index is -4.42. The normalized spacial score (nSPS) is 12.6. The summed E-state index contributed by atoms with van der Waals surface area (Å²) in [4.78, 5) is 3.50. The molecule has 0 amide bonds. The Hall–Kier alpha value is 0.510. The molecule has 0 atom stereocenters. The molecule has 9 heteroatoms. The van der Waals surface area contributed by atoms with Crippen LogP contribution in [0.25, 0.3) is 0 Å². The number of aromatic nitrogens is 1. The molecule has 0 bridgehead atoms. The van der Waals surface area contributed by atoms with Gasteiger partial charge in [-0.2, -0.15) is 18.6 Å². The second kappa shape index (κ2) is 7.68. The molecule has 1 rings (SSSR count). The number of hydrogen-bond donors (Lipinski definition) is 0. The Kier molecular flexibility index (Phi) is 8.75. The first-order valence-electron chi connectivity index (χ1n) is 5.52. The van der Waals surface area contributed by atoms with Crippen LogP contribution in [0, 0.1) is 5.38 Å². The summed E-state index contributed by atoms with van der Waals surface area (Å²) in [7, 11) is -1.95. The van der Waals surface area contributed by atoms with E-state index in [0.29, 0.717) is 5.01 Å². The Morgan fingerprint density at radius 1 is 1.25 bits per heavy atom. The number of rotatable bonds is 3. The van der Waals surface area contributed by atoms with E-state index < -0.39 is 20.2 Å². The van der Waals surface area contributed by atoms with Crippen molar-refractivity contribution in [2.24, 2.45) is 0 Å². The summed E-state index contributed by atoms with van der Waals surface area (Å²) in [6.45, 7) is 10.5. The fraction of sp³-hybridized carbons (Fsp3) is 0.727. The van der Waals surface area contributed by atoms with Gasteiger partial charge in [0.2, 0.25) is 0 Å². The fourth-order valence-electron chi connectivity index (χ4n) is 0.919. The first kappa shape index (κ1) is 22.8. The van der Waals surface area contributed by atoms with Crippen LogP contribution < -0.4 is 12.4 Å². The van der Waals surface area contributed by atoms with Crippen molar-refractivity contribution in [2.75, 3.05) is 0 Å². The van der Waals surface area contributed by atoms with Crippen LogP contribution in [0.2, 0.25) is 18.1 Å². The molecule has 1 aromatic rings. The summed E-state index contributed by atoms with van der Waals surface area (Å²) < 4.78 is 42.8. The number of hydrogen-bond acceptors (Lipinski definition) is 3. The number of halogens is 4. The van der Waals surface area contributed by atoms with Gasteiger partial charge in [-0.1, -0.05) is 20.8 Å². The first-order valence-corrected chi connectivity index (χ1v) is 9.24. The standard InChI is InChI=1S/C11H17F3NOSSi.ClH.Zn/c1-10(2,3)18(4,5)16-6-9-15-8(7-17-9)11(12,13)14;;/h6H2,1-5H3;1H;/q-1;;+2/p-1. The molecule has 2 nitrogen and oxygen atoms in total. The Bertz CT molecular complexity index is 421. The summed E-state index contributed by atoms with van der Waals surface area (Å²) >= 11 is 0.869. The van der Waals surface area contributed by atoms with Gasteiger partial charge >= 0.3 is 25.7 Å². The summed E-state index contributed by atoms with van der Waals surface area (Å²) in [6.07, 6.45) is -4.42. The van der Waals surface area contributed by atoms with Crippen molar-refractivity contribution in [1.29, 1.82) is 0 Å².